The first kappa shape index (κ1) is 18.9. The number of amides is 2. The number of aliphatic hydroxyl groups excluding tert-OH is 1. The first-order valence-corrected chi connectivity index (χ1v) is 8.60. The third-order valence-corrected chi connectivity index (χ3v) is 4.19. The van der Waals surface area contributed by atoms with Gasteiger partial charge >= 0.3 is 0 Å². The Morgan fingerprint density at radius 2 is 2.12 bits per heavy atom. The maximum atomic E-state index is 12.5. The minimum atomic E-state index is -0.189. The highest BCUT2D eigenvalue weighted by atomic mass is 16.3. The molecular formula is C18H26N4O3. The highest BCUT2D eigenvalue weighted by molar-refractivity contribution is 5.94. The summed E-state index contributed by atoms with van der Waals surface area (Å²) in [4.78, 5) is 30.6. The van der Waals surface area contributed by atoms with Crippen LogP contribution in [0.15, 0.2) is 18.3 Å². The largest absolute Gasteiger partial charge is 0.395 e. The second-order valence-corrected chi connectivity index (χ2v) is 5.99. The summed E-state index contributed by atoms with van der Waals surface area (Å²) in [6.45, 7) is 6.96. The lowest BCUT2D eigenvalue weighted by molar-refractivity contribution is -0.131. The number of hydrogen-bond donors (Lipinski definition) is 2. The molecule has 0 atom stereocenters. The molecule has 2 N–H and O–H groups in total. The van der Waals surface area contributed by atoms with Gasteiger partial charge in [-0.1, -0.05) is 6.07 Å². The average Bonchev–Trinajstić information content (AvgIpc) is 2.93. The molecule has 7 nitrogen and oxygen atoms in total. The van der Waals surface area contributed by atoms with E-state index >= 15 is 0 Å². The van der Waals surface area contributed by atoms with Crippen LogP contribution in [-0.4, -0.2) is 57.4 Å². The maximum absolute atomic E-state index is 12.5. The number of aliphatic hydroxyl groups is 1. The number of aromatic nitrogens is 2. The van der Waals surface area contributed by atoms with Gasteiger partial charge in [0.25, 0.3) is 5.91 Å². The molecule has 0 saturated carbocycles. The zero-order valence-electron chi connectivity index (χ0n) is 15.1. The van der Waals surface area contributed by atoms with E-state index < -0.39 is 0 Å². The van der Waals surface area contributed by atoms with Crippen LogP contribution in [-0.2, 0) is 4.79 Å². The normalized spacial score (nSPS) is 10.9. The predicted molar refractivity (Wildman–Crippen MR) is 95.6 cm³/mol. The molecule has 25 heavy (non-hydrogen) atoms. The Morgan fingerprint density at radius 1 is 1.36 bits per heavy atom. The van der Waals surface area contributed by atoms with Crippen molar-refractivity contribution in [3.8, 4) is 0 Å². The topological polar surface area (TPSA) is 86.9 Å². The Morgan fingerprint density at radius 3 is 2.80 bits per heavy atom. The van der Waals surface area contributed by atoms with E-state index in [-0.39, 0.29) is 18.4 Å². The van der Waals surface area contributed by atoms with Crippen LogP contribution < -0.4 is 5.32 Å². The fourth-order valence-corrected chi connectivity index (χ4v) is 2.85. The van der Waals surface area contributed by atoms with Crippen LogP contribution in [0.2, 0.25) is 0 Å². The van der Waals surface area contributed by atoms with E-state index in [0.717, 1.165) is 11.2 Å². The van der Waals surface area contributed by atoms with Crippen LogP contribution in [0.25, 0.3) is 5.65 Å². The molecule has 7 heteroatoms. The molecule has 0 aliphatic carbocycles. The maximum Gasteiger partial charge on any atom is 0.270 e. The summed E-state index contributed by atoms with van der Waals surface area (Å²) in [5, 5.41) is 11.8. The number of nitrogens with zero attached hydrogens (tertiary/aromatic N) is 3. The molecule has 0 aliphatic rings. The summed E-state index contributed by atoms with van der Waals surface area (Å²) in [6, 6.07) is 3.85. The number of carbonyl (C=O) groups is 2. The molecule has 2 aromatic heterocycles. The van der Waals surface area contributed by atoms with Gasteiger partial charge in [-0.15, -0.1) is 0 Å². The van der Waals surface area contributed by atoms with Crippen molar-refractivity contribution in [1.29, 1.82) is 0 Å². The first-order valence-electron chi connectivity index (χ1n) is 8.60. The Kier molecular flexibility index (Phi) is 6.52. The minimum absolute atomic E-state index is 0.00703. The number of rotatable bonds is 8. The summed E-state index contributed by atoms with van der Waals surface area (Å²) in [5.74, 6) is -0.196. The van der Waals surface area contributed by atoms with Gasteiger partial charge in [0.2, 0.25) is 5.91 Å². The number of carbonyl (C=O) groups excluding carboxylic acids is 2. The smallest absolute Gasteiger partial charge is 0.270 e. The second-order valence-electron chi connectivity index (χ2n) is 5.99. The molecule has 0 aromatic carbocycles. The number of pyridine rings is 1. The number of hydrogen-bond acceptors (Lipinski definition) is 4. The molecule has 0 saturated heterocycles. The summed E-state index contributed by atoms with van der Waals surface area (Å²) < 4.78 is 1.80. The van der Waals surface area contributed by atoms with Gasteiger partial charge in [0.15, 0.2) is 0 Å². The number of fused-ring (bicyclic) bond motifs is 1. The summed E-state index contributed by atoms with van der Waals surface area (Å²) in [5.41, 5.74) is 3.00. The van der Waals surface area contributed by atoms with Gasteiger partial charge in [0.05, 0.1) is 12.3 Å². The Hall–Kier alpha value is -2.41. The minimum Gasteiger partial charge on any atom is -0.395 e. The lowest BCUT2D eigenvalue weighted by Gasteiger charge is -2.19. The number of imidazole rings is 1. The van der Waals surface area contributed by atoms with Crippen LogP contribution in [0, 0.1) is 13.8 Å². The molecule has 0 bridgehead atoms. The molecule has 0 spiro atoms. The van der Waals surface area contributed by atoms with Crippen LogP contribution >= 0.6 is 0 Å². The third kappa shape index (κ3) is 4.36. The van der Waals surface area contributed by atoms with Gasteiger partial charge in [-0.2, -0.15) is 0 Å². The molecule has 2 rings (SSSR count). The third-order valence-electron chi connectivity index (χ3n) is 4.19. The Balaban J connectivity index is 1.92. The zero-order valence-corrected chi connectivity index (χ0v) is 15.1. The van der Waals surface area contributed by atoms with Crippen molar-refractivity contribution >= 4 is 17.5 Å². The van der Waals surface area contributed by atoms with Crippen molar-refractivity contribution in [2.75, 3.05) is 26.2 Å². The summed E-state index contributed by atoms with van der Waals surface area (Å²) >= 11 is 0. The number of aryl methyl sites for hydroxylation is 2. The van der Waals surface area contributed by atoms with E-state index in [1.165, 1.54) is 0 Å². The standard InChI is InChI=1S/C18H26N4O3/c1-4-21(11-12-23)15(24)8-5-9-19-18(25)16-14(3)20-17-13(2)7-6-10-22(16)17/h6-7,10,23H,4-5,8-9,11-12H2,1-3H3,(H,19,25). The highest BCUT2D eigenvalue weighted by Crippen LogP contribution is 2.15. The lowest BCUT2D eigenvalue weighted by Crippen LogP contribution is -2.34. The molecule has 136 valence electrons. The van der Waals surface area contributed by atoms with E-state index in [1.54, 1.807) is 9.30 Å². The fourth-order valence-electron chi connectivity index (χ4n) is 2.85. The fraction of sp³-hybridized carbons (Fsp3) is 0.500. The SMILES string of the molecule is CCN(CCO)C(=O)CCCNC(=O)c1c(C)nc2c(C)cccn12. The van der Waals surface area contributed by atoms with E-state index in [9.17, 15) is 9.59 Å². The van der Waals surface area contributed by atoms with Crippen molar-refractivity contribution < 1.29 is 14.7 Å². The van der Waals surface area contributed by atoms with Gasteiger partial charge in [-0.3, -0.25) is 14.0 Å². The zero-order chi connectivity index (χ0) is 18.4. The Labute approximate surface area is 147 Å². The Bertz CT molecular complexity index is 754. The quantitative estimate of drug-likeness (QED) is 0.706. The average molecular weight is 346 g/mol. The molecule has 0 fully saturated rings. The van der Waals surface area contributed by atoms with E-state index in [4.69, 9.17) is 5.11 Å². The van der Waals surface area contributed by atoms with Gasteiger partial charge in [-0.05, 0) is 38.8 Å². The molecule has 2 amide bonds. The monoisotopic (exact) mass is 346 g/mol. The summed E-state index contributed by atoms with van der Waals surface area (Å²) in [7, 11) is 0. The molecule has 2 heterocycles. The van der Waals surface area contributed by atoms with Crippen LogP contribution in [0.3, 0.4) is 0 Å². The van der Waals surface area contributed by atoms with Gasteiger partial charge in [0, 0.05) is 32.3 Å². The predicted octanol–water partition coefficient (Wildman–Crippen LogP) is 1.30. The molecule has 0 aliphatic heterocycles. The van der Waals surface area contributed by atoms with E-state index in [0.29, 0.717) is 43.9 Å². The molecule has 0 radical (unpaired) electrons. The second kappa shape index (κ2) is 8.62. The van der Waals surface area contributed by atoms with E-state index in [1.807, 2.05) is 39.1 Å². The van der Waals surface area contributed by atoms with Crippen LogP contribution in [0.4, 0.5) is 0 Å². The van der Waals surface area contributed by atoms with Crippen molar-refractivity contribution in [3.05, 3.63) is 35.3 Å². The van der Waals surface area contributed by atoms with Crippen LogP contribution in [0.5, 0.6) is 0 Å². The molecule has 0 unspecified atom stereocenters. The number of likely N-dealkylation sites (N-methyl/N-ethyl adjacent to an activating group) is 1. The molecular weight excluding hydrogens is 320 g/mol. The number of nitrogens with one attached hydrogen (secondary N) is 1. The van der Waals surface area contributed by atoms with E-state index in [2.05, 4.69) is 10.3 Å². The van der Waals surface area contributed by atoms with Crippen molar-refractivity contribution in [3.63, 3.8) is 0 Å². The van der Waals surface area contributed by atoms with Gasteiger partial charge in [-0.25, -0.2) is 4.98 Å². The highest BCUT2D eigenvalue weighted by Gasteiger charge is 2.17. The van der Waals surface area contributed by atoms with Crippen LogP contribution in [0.1, 0.15) is 41.5 Å². The summed E-state index contributed by atoms with van der Waals surface area (Å²) in [6.07, 6.45) is 2.73. The first-order chi connectivity index (χ1) is 12.0. The van der Waals surface area contributed by atoms with Crippen molar-refractivity contribution in [2.45, 2.75) is 33.6 Å². The van der Waals surface area contributed by atoms with Crippen molar-refractivity contribution in [1.82, 2.24) is 19.6 Å². The molecule has 2 aromatic rings. The lowest BCUT2D eigenvalue weighted by atomic mass is 10.2. The van der Waals surface area contributed by atoms with Gasteiger partial charge in [0.1, 0.15) is 11.3 Å². The van der Waals surface area contributed by atoms with Crippen molar-refractivity contribution in [2.24, 2.45) is 0 Å². The van der Waals surface area contributed by atoms with Gasteiger partial charge < -0.3 is 15.3 Å².